The Morgan fingerprint density at radius 2 is 2.13 bits per heavy atom. The van der Waals surface area contributed by atoms with Crippen LogP contribution < -0.4 is 10.5 Å². The Morgan fingerprint density at radius 1 is 1.33 bits per heavy atom. The molecule has 0 fully saturated rings. The van der Waals surface area contributed by atoms with Crippen molar-refractivity contribution in [3.05, 3.63) is 29.3 Å². The number of aryl methyl sites for hydroxylation is 1. The van der Waals surface area contributed by atoms with Crippen molar-refractivity contribution >= 4 is 0 Å². The Morgan fingerprint density at radius 3 is 2.93 bits per heavy atom. The molecule has 0 spiro atoms. The van der Waals surface area contributed by atoms with Crippen molar-refractivity contribution < 1.29 is 4.74 Å². The van der Waals surface area contributed by atoms with Crippen LogP contribution in [-0.4, -0.2) is 12.6 Å². The minimum Gasteiger partial charge on any atom is -0.492 e. The maximum atomic E-state index is 5.74. The predicted molar refractivity (Wildman–Crippen MR) is 62.2 cm³/mol. The molecule has 2 heteroatoms. The lowest BCUT2D eigenvalue weighted by Crippen LogP contribution is -2.24. The molecular formula is C13H19NO. The second-order valence-corrected chi connectivity index (χ2v) is 4.39. The Labute approximate surface area is 91.4 Å². The Hall–Kier alpha value is -1.02. The van der Waals surface area contributed by atoms with E-state index >= 15 is 0 Å². The molecule has 15 heavy (non-hydrogen) atoms. The molecule has 0 aliphatic heterocycles. The number of hydrogen-bond acceptors (Lipinski definition) is 2. The molecule has 0 radical (unpaired) electrons. The molecule has 0 bridgehead atoms. The van der Waals surface area contributed by atoms with Gasteiger partial charge >= 0.3 is 0 Å². The van der Waals surface area contributed by atoms with E-state index in [-0.39, 0.29) is 6.04 Å². The van der Waals surface area contributed by atoms with Gasteiger partial charge in [-0.3, -0.25) is 0 Å². The molecule has 2 N–H and O–H groups in total. The summed E-state index contributed by atoms with van der Waals surface area (Å²) in [6.07, 6.45) is 4.95. The van der Waals surface area contributed by atoms with Crippen LogP contribution in [0.2, 0.25) is 0 Å². The van der Waals surface area contributed by atoms with Gasteiger partial charge in [0, 0.05) is 6.04 Å². The smallest absolute Gasteiger partial charge is 0.122 e. The fourth-order valence-corrected chi connectivity index (χ4v) is 2.10. The standard InChI is InChI=1S/C13H19NO/c1-10(14)9-15-13-8-4-6-11-5-2-3-7-12(11)13/h4,6,8,10H,2-3,5,7,9,14H2,1H3/t10-/m0/s1. The van der Waals surface area contributed by atoms with Crippen molar-refractivity contribution in [1.29, 1.82) is 0 Å². The van der Waals surface area contributed by atoms with Gasteiger partial charge in [-0.05, 0) is 49.8 Å². The highest BCUT2D eigenvalue weighted by Crippen LogP contribution is 2.29. The van der Waals surface area contributed by atoms with Gasteiger partial charge in [0.1, 0.15) is 12.4 Å². The van der Waals surface area contributed by atoms with Gasteiger partial charge in [-0.1, -0.05) is 12.1 Å². The molecule has 2 nitrogen and oxygen atoms in total. The summed E-state index contributed by atoms with van der Waals surface area (Å²) in [5.41, 5.74) is 8.56. The molecule has 0 aromatic heterocycles. The Bertz CT molecular complexity index is 333. The monoisotopic (exact) mass is 205 g/mol. The summed E-state index contributed by atoms with van der Waals surface area (Å²) in [4.78, 5) is 0. The van der Waals surface area contributed by atoms with Crippen LogP contribution in [0.15, 0.2) is 18.2 Å². The first-order valence-corrected chi connectivity index (χ1v) is 5.76. The quantitative estimate of drug-likeness (QED) is 0.821. The van der Waals surface area contributed by atoms with E-state index in [9.17, 15) is 0 Å². The van der Waals surface area contributed by atoms with Gasteiger partial charge in [0.2, 0.25) is 0 Å². The zero-order chi connectivity index (χ0) is 10.7. The first-order chi connectivity index (χ1) is 7.27. The second-order valence-electron chi connectivity index (χ2n) is 4.39. The van der Waals surface area contributed by atoms with Crippen LogP contribution in [0.4, 0.5) is 0 Å². The van der Waals surface area contributed by atoms with E-state index in [4.69, 9.17) is 10.5 Å². The van der Waals surface area contributed by atoms with Gasteiger partial charge in [0.15, 0.2) is 0 Å². The molecule has 82 valence electrons. The molecule has 1 atom stereocenters. The van der Waals surface area contributed by atoms with E-state index in [1.807, 2.05) is 6.92 Å². The molecule has 1 aliphatic rings. The number of hydrogen-bond donors (Lipinski definition) is 1. The maximum Gasteiger partial charge on any atom is 0.122 e. The Balaban J connectivity index is 2.16. The van der Waals surface area contributed by atoms with Crippen molar-refractivity contribution in [3.8, 4) is 5.75 Å². The first-order valence-electron chi connectivity index (χ1n) is 5.76. The fourth-order valence-electron chi connectivity index (χ4n) is 2.10. The summed E-state index contributed by atoms with van der Waals surface area (Å²) in [5.74, 6) is 1.05. The topological polar surface area (TPSA) is 35.2 Å². The fraction of sp³-hybridized carbons (Fsp3) is 0.538. The zero-order valence-corrected chi connectivity index (χ0v) is 9.33. The van der Waals surface area contributed by atoms with E-state index in [1.165, 1.54) is 30.4 Å². The van der Waals surface area contributed by atoms with Gasteiger partial charge in [-0.15, -0.1) is 0 Å². The minimum atomic E-state index is 0.101. The summed E-state index contributed by atoms with van der Waals surface area (Å²) in [6.45, 7) is 2.58. The van der Waals surface area contributed by atoms with Crippen LogP contribution in [0.5, 0.6) is 5.75 Å². The summed E-state index contributed by atoms with van der Waals surface area (Å²) in [7, 11) is 0. The van der Waals surface area contributed by atoms with Crippen LogP contribution in [0.3, 0.4) is 0 Å². The molecule has 1 aromatic rings. The molecule has 2 rings (SSSR count). The average molecular weight is 205 g/mol. The SMILES string of the molecule is C[C@H](N)COc1cccc2c1CCCC2. The van der Waals surface area contributed by atoms with Gasteiger partial charge in [0.25, 0.3) is 0 Å². The molecule has 0 heterocycles. The average Bonchev–Trinajstić information content (AvgIpc) is 2.26. The van der Waals surface area contributed by atoms with Crippen LogP contribution >= 0.6 is 0 Å². The van der Waals surface area contributed by atoms with Crippen LogP contribution in [-0.2, 0) is 12.8 Å². The second kappa shape index (κ2) is 4.67. The highest BCUT2D eigenvalue weighted by molar-refractivity contribution is 5.41. The highest BCUT2D eigenvalue weighted by Gasteiger charge is 2.13. The number of ether oxygens (including phenoxy) is 1. The molecule has 1 aliphatic carbocycles. The van der Waals surface area contributed by atoms with Crippen molar-refractivity contribution in [2.24, 2.45) is 5.73 Å². The first kappa shape index (κ1) is 10.5. The minimum absolute atomic E-state index is 0.101. The molecule has 0 saturated heterocycles. The molecule has 0 amide bonds. The number of benzene rings is 1. The van der Waals surface area contributed by atoms with Crippen molar-refractivity contribution in [2.45, 2.75) is 38.6 Å². The molecule has 1 aromatic carbocycles. The third kappa shape index (κ3) is 2.51. The number of rotatable bonds is 3. The summed E-state index contributed by atoms with van der Waals surface area (Å²) in [5, 5.41) is 0. The van der Waals surface area contributed by atoms with E-state index in [0.717, 1.165) is 12.2 Å². The van der Waals surface area contributed by atoms with E-state index in [2.05, 4.69) is 18.2 Å². The van der Waals surface area contributed by atoms with Gasteiger partial charge in [0.05, 0.1) is 0 Å². The summed E-state index contributed by atoms with van der Waals surface area (Å²) in [6, 6.07) is 6.46. The third-order valence-corrected chi connectivity index (χ3v) is 2.85. The van der Waals surface area contributed by atoms with Crippen molar-refractivity contribution in [1.82, 2.24) is 0 Å². The highest BCUT2D eigenvalue weighted by atomic mass is 16.5. The Kier molecular flexibility index (Phi) is 3.27. The zero-order valence-electron chi connectivity index (χ0n) is 9.33. The van der Waals surface area contributed by atoms with Crippen molar-refractivity contribution in [2.75, 3.05) is 6.61 Å². The van der Waals surface area contributed by atoms with Crippen molar-refractivity contribution in [3.63, 3.8) is 0 Å². The largest absolute Gasteiger partial charge is 0.492 e. The third-order valence-electron chi connectivity index (χ3n) is 2.85. The van der Waals surface area contributed by atoms with Gasteiger partial charge < -0.3 is 10.5 Å². The van der Waals surface area contributed by atoms with Crippen LogP contribution in [0, 0.1) is 0 Å². The molecule has 0 unspecified atom stereocenters. The maximum absolute atomic E-state index is 5.74. The van der Waals surface area contributed by atoms with Gasteiger partial charge in [-0.25, -0.2) is 0 Å². The van der Waals surface area contributed by atoms with Crippen LogP contribution in [0.1, 0.15) is 30.9 Å². The molecule has 0 saturated carbocycles. The number of fused-ring (bicyclic) bond motifs is 1. The predicted octanol–water partition coefficient (Wildman–Crippen LogP) is 2.29. The summed E-state index contributed by atoms with van der Waals surface area (Å²) >= 11 is 0. The lowest BCUT2D eigenvalue weighted by molar-refractivity contribution is 0.292. The number of nitrogens with two attached hydrogens (primary N) is 1. The lowest BCUT2D eigenvalue weighted by Gasteiger charge is -2.20. The lowest BCUT2D eigenvalue weighted by atomic mass is 9.91. The van der Waals surface area contributed by atoms with Crippen LogP contribution in [0.25, 0.3) is 0 Å². The van der Waals surface area contributed by atoms with E-state index < -0.39 is 0 Å². The normalized spacial score (nSPS) is 16.9. The van der Waals surface area contributed by atoms with Gasteiger partial charge in [-0.2, -0.15) is 0 Å². The summed E-state index contributed by atoms with van der Waals surface area (Å²) < 4.78 is 5.74. The van der Waals surface area contributed by atoms with E-state index in [0.29, 0.717) is 6.61 Å². The van der Waals surface area contributed by atoms with E-state index in [1.54, 1.807) is 0 Å². The molecular weight excluding hydrogens is 186 g/mol.